The molecule has 46 heavy (non-hydrogen) atoms. The summed E-state index contributed by atoms with van der Waals surface area (Å²) < 4.78 is 0. The van der Waals surface area contributed by atoms with Gasteiger partial charge in [0.1, 0.15) is 16.8 Å². The molecule has 0 radical (unpaired) electrons. The first kappa shape index (κ1) is 33.0. The third kappa shape index (κ3) is 8.07. The fourth-order valence-corrected chi connectivity index (χ4v) is 7.74. The average molecular weight is 669 g/mol. The van der Waals surface area contributed by atoms with E-state index in [1.54, 1.807) is 72.8 Å². The van der Waals surface area contributed by atoms with Crippen LogP contribution in [0, 0.1) is 17.2 Å². The second kappa shape index (κ2) is 15.3. The lowest BCUT2D eigenvalue weighted by Crippen LogP contribution is -2.30. The Morgan fingerprint density at radius 3 is 2.57 bits per heavy atom. The smallest absolute Gasteiger partial charge is 0.272 e. The van der Waals surface area contributed by atoms with E-state index >= 15 is 0 Å². The molecule has 0 spiro atoms. The van der Waals surface area contributed by atoms with Gasteiger partial charge in [0.25, 0.3) is 11.8 Å². The van der Waals surface area contributed by atoms with Crippen molar-refractivity contribution >= 4 is 69.2 Å². The molecule has 1 aromatic heterocycles. The van der Waals surface area contributed by atoms with Crippen LogP contribution in [0.25, 0.3) is 6.08 Å². The second-order valence-corrected chi connectivity index (χ2v) is 13.8. The van der Waals surface area contributed by atoms with Gasteiger partial charge in [0.2, 0.25) is 5.91 Å². The number of thiophene rings is 1. The first-order valence-electron chi connectivity index (χ1n) is 15.0. The molecule has 4 aromatic rings. The number of anilines is 2. The topological polar surface area (TPSA) is 111 Å². The number of fused-ring (bicyclic) bond motifs is 1. The third-order valence-corrected chi connectivity index (χ3v) is 10.5. The maximum atomic E-state index is 13.5. The number of hydrogen-bond donors (Lipinski definition) is 3. The lowest BCUT2D eigenvalue weighted by molar-refractivity contribution is -0.116. The maximum Gasteiger partial charge on any atom is 0.272 e. The minimum Gasteiger partial charge on any atom is -0.321 e. The van der Waals surface area contributed by atoms with Crippen LogP contribution < -0.4 is 16.0 Å². The van der Waals surface area contributed by atoms with Crippen LogP contribution in [0.4, 0.5) is 10.7 Å². The normalized spacial score (nSPS) is 14.8. The second-order valence-electron chi connectivity index (χ2n) is 11.1. The van der Waals surface area contributed by atoms with E-state index in [2.05, 4.69) is 28.9 Å². The molecule has 5 rings (SSSR count). The van der Waals surface area contributed by atoms with E-state index in [4.69, 9.17) is 11.6 Å². The third-order valence-electron chi connectivity index (χ3n) is 7.63. The molecule has 1 aliphatic carbocycles. The van der Waals surface area contributed by atoms with Gasteiger partial charge >= 0.3 is 0 Å². The van der Waals surface area contributed by atoms with Crippen molar-refractivity contribution in [3.63, 3.8) is 0 Å². The van der Waals surface area contributed by atoms with Crippen molar-refractivity contribution in [3.05, 3.63) is 117 Å². The molecule has 2 unspecified atom stereocenters. The molecule has 7 nitrogen and oxygen atoms in total. The van der Waals surface area contributed by atoms with Crippen LogP contribution >= 0.6 is 34.7 Å². The first-order valence-corrected chi connectivity index (χ1v) is 17.1. The molecule has 3 N–H and O–H groups in total. The number of nitriles is 1. The van der Waals surface area contributed by atoms with Gasteiger partial charge in [-0.15, -0.1) is 23.1 Å². The number of carbonyl (C=O) groups is 3. The van der Waals surface area contributed by atoms with Crippen molar-refractivity contribution < 1.29 is 14.4 Å². The SMILES string of the molecule is CCC(Sc1cccc(NC(=O)/C(=C\c2ccccc2Cl)NC(=O)c2ccccc2)c1)C(=O)Nc1sc2c(c1C#N)CCC(C)C2. The summed E-state index contributed by atoms with van der Waals surface area (Å²) in [4.78, 5) is 41.9. The zero-order chi connectivity index (χ0) is 32.6. The molecular formula is C36H33ClN4O3S2. The molecule has 0 saturated carbocycles. The van der Waals surface area contributed by atoms with Crippen LogP contribution in [0.1, 0.15) is 58.6 Å². The maximum absolute atomic E-state index is 13.5. The molecule has 0 bridgehead atoms. The molecule has 3 aromatic carbocycles. The number of rotatable bonds is 10. The molecule has 1 heterocycles. The standard InChI is InChI=1S/C36H33ClN4O3S2/c1-3-31(35(44)41-36-28(21-38)27-17-16-22(2)18-32(27)46-36)45-26-14-9-13-25(20-26)39-34(43)30(19-24-12-7-8-15-29(24)37)40-33(42)23-10-5-4-6-11-23/h4-15,19-20,22,31H,3,16-18H2,1-2H3,(H,39,43)(H,40,42)(H,41,44)/b30-19+. The highest BCUT2D eigenvalue weighted by Crippen LogP contribution is 2.40. The number of halogens is 1. The van der Waals surface area contributed by atoms with Crippen LogP contribution in [0.5, 0.6) is 0 Å². The van der Waals surface area contributed by atoms with E-state index in [1.807, 2.05) is 13.0 Å². The van der Waals surface area contributed by atoms with E-state index in [0.29, 0.717) is 44.7 Å². The van der Waals surface area contributed by atoms with Crippen LogP contribution in [-0.2, 0) is 22.4 Å². The van der Waals surface area contributed by atoms with Crippen molar-refractivity contribution in [3.8, 4) is 6.07 Å². The quantitative estimate of drug-likeness (QED) is 0.116. The van der Waals surface area contributed by atoms with Crippen molar-refractivity contribution in [2.24, 2.45) is 5.92 Å². The first-order chi connectivity index (χ1) is 22.2. The molecule has 0 fully saturated rings. The largest absolute Gasteiger partial charge is 0.321 e. The average Bonchev–Trinajstić information content (AvgIpc) is 3.40. The molecule has 10 heteroatoms. The summed E-state index contributed by atoms with van der Waals surface area (Å²) in [6.45, 7) is 4.15. The van der Waals surface area contributed by atoms with E-state index in [0.717, 1.165) is 29.7 Å². The van der Waals surface area contributed by atoms with Gasteiger partial charge in [0.05, 0.1) is 10.8 Å². The van der Waals surface area contributed by atoms with E-state index < -0.39 is 17.1 Å². The Kier molecular flexibility index (Phi) is 11.0. The summed E-state index contributed by atoms with van der Waals surface area (Å²) in [7, 11) is 0. The van der Waals surface area contributed by atoms with Gasteiger partial charge < -0.3 is 16.0 Å². The molecule has 0 aliphatic heterocycles. The molecule has 2 atom stereocenters. The highest BCUT2D eigenvalue weighted by molar-refractivity contribution is 8.00. The predicted octanol–water partition coefficient (Wildman–Crippen LogP) is 8.32. The molecule has 3 amide bonds. The summed E-state index contributed by atoms with van der Waals surface area (Å²) in [6.07, 6.45) is 4.94. The Morgan fingerprint density at radius 2 is 1.83 bits per heavy atom. The highest BCUT2D eigenvalue weighted by atomic mass is 35.5. The lowest BCUT2D eigenvalue weighted by atomic mass is 9.88. The number of benzene rings is 3. The Bertz CT molecular complexity index is 1830. The number of nitrogens with zero attached hydrogens (tertiary/aromatic N) is 1. The summed E-state index contributed by atoms with van der Waals surface area (Å²) >= 11 is 9.25. The van der Waals surface area contributed by atoms with Crippen molar-refractivity contribution in [2.45, 2.75) is 49.7 Å². The van der Waals surface area contributed by atoms with Gasteiger partial charge in [-0.1, -0.05) is 67.9 Å². The summed E-state index contributed by atoms with van der Waals surface area (Å²) in [5, 5.41) is 19.1. The van der Waals surface area contributed by atoms with Crippen molar-refractivity contribution in [1.82, 2.24) is 5.32 Å². The van der Waals surface area contributed by atoms with Gasteiger partial charge in [0, 0.05) is 26.0 Å². The summed E-state index contributed by atoms with van der Waals surface area (Å²) in [6, 6.07) is 25.2. The lowest BCUT2D eigenvalue weighted by Gasteiger charge is -2.17. The molecule has 0 saturated heterocycles. The predicted molar refractivity (Wildman–Crippen MR) is 187 cm³/mol. The van der Waals surface area contributed by atoms with Crippen LogP contribution in [-0.4, -0.2) is 23.0 Å². The summed E-state index contributed by atoms with van der Waals surface area (Å²) in [5.41, 5.74) is 3.16. The van der Waals surface area contributed by atoms with Gasteiger partial charge in [0.15, 0.2) is 0 Å². The molecule has 234 valence electrons. The van der Waals surface area contributed by atoms with Gasteiger partial charge in [-0.3, -0.25) is 14.4 Å². The monoisotopic (exact) mass is 668 g/mol. The van der Waals surface area contributed by atoms with Gasteiger partial charge in [-0.2, -0.15) is 5.26 Å². The van der Waals surface area contributed by atoms with Gasteiger partial charge in [-0.05, 0) is 85.2 Å². The fraction of sp³-hybridized carbons (Fsp3) is 0.222. The van der Waals surface area contributed by atoms with Crippen LogP contribution in [0.15, 0.2) is 89.5 Å². The number of amides is 3. The minimum atomic E-state index is -0.531. The van der Waals surface area contributed by atoms with Gasteiger partial charge in [-0.25, -0.2) is 0 Å². The molecular weight excluding hydrogens is 636 g/mol. The Hall–Kier alpha value is -4.36. The highest BCUT2D eigenvalue weighted by Gasteiger charge is 2.27. The number of thioether (sulfide) groups is 1. The zero-order valence-electron chi connectivity index (χ0n) is 25.4. The minimum absolute atomic E-state index is 0.0205. The Balaban J connectivity index is 1.31. The van der Waals surface area contributed by atoms with E-state index in [-0.39, 0.29) is 11.6 Å². The van der Waals surface area contributed by atoms with Crippen LogP contribution in [0.2, 0.25) is 5.02 Å². The Morgan fingerprint density at radius 1 is 1.07 bits per heavy atom. The molecule has 1 aliphatic rings. The van der Waals surface area contributed by atoms with Crippen molar-refractivity contribution in [2.75, 3.05) is 10.6 Å². The van der Waals surface area contributed by atoms with E-state index in [9.17, 15) is 19.6 Å². The number of carbonyl (C=O) groups excluding carboxylic acids is 3. The Labute approximate surface area is 282 Å². The number of nitrogens with one attached hydrogen (secondary N) is 3. The summed E-state index contributed by atoms with van der Waals surface area (Å²) in [5.74, 6) is -0.568. The zero-order valence-corrected chi connectivity index (χ0v) is 27.8. The fourth-order valence-electron chi connectivity index (χ4n) is 5.17. The van der Waals surface area contributed by atoms with E-state index in [1.165, 1.54) is 34.1 Å². The number of hydrogen-bond acceptors (Lipinski definition) is 6. The van der Waals surface area contributed by atoms with Crippen molar-refractivity contribution in [1.29, 1.82) is 5.26 Å². The van der Waals surface area contributed by atoms with Crippen LogP contribution in [0.3, 0.4) is 0 Å².